The van der Waals surface area contributed by atoms with E-state index in [0.29, 0.717) is 11.3 Å². The fraction of sp³-hybridized carbons (Fsp3) is 0.235. The van der Waals surface area contributed by atoms with Crippen LogP contribution in [0, 0.1) is 17.1 Å². The fourth-order valence-corrected chi connectivity index (χ4v) is 2.84. The van der Waals surface area contributed by atoms with Crippen molar-refractivity contribution in [2.75, 3.05) is 5.32 Å². The fourth-order valence-electron chi connectivity index (χ4n) is 2.84. The molecule has 0 spiro atoms. The summed E-state index contributed by atoms with van der Waals surface area (Å²) < 4.78 is 14.0. The van der Waals surface area contributed by atoms with E-state index in [1.807, 2.05) is 12.1 Å². The van der Waals surface area contributed by atoms with Crippen molar-refractivity contribution in [3.05, 3.63) is 58.9 Å². The lowest BCUT2D eigenvalue weighted by Crippen LogP contribution is -2.17. The van der Waals surface area contributed by atoms with Crippen molar-refractivity contribution in [1.29, 1.82) is 5.26 Å². The summed E-state index contributed by atoms with van der Waals surface area (Å²) in [5.41, 5.74) is 2.92. The van der Waals surface area contributed by atoms with Crippen molar-refractivity contribution >= 4 is 5.69 Å². The number of anilines is 1. The Hall–Kier alpha value is -2.54. The first-order valence-electron chi connectivity index (χ1n) is 6.95. The van der Waals surface area contributed by atoms with Gasteiger partial charge in [-0.25, -0.2) is 4.39 Å². The molecular weight excluding hydrogens is 267 g/mol. The minimum atomic E-state index is -0.417. The van der Waals surface area contributed by atoms with E-state index >= 15 is 0 Å². The van der Waals surface area contributed by atoms with Crippen LogP contribution in [0.3, 0.4) is 0 Å². The van der Waals surface area contributed by atoms with E-state index in [-0.39, 0.29) is 11.8 Å². The Morgan fingerprint density at radius 2 is 2.10 bits per heavy atom. The maximum Gasteiger partial charge on any atom is 0.147 e. The van der Waals surface area contributed by atoms with Gasteiger partial charge in [-0.2, -0.15) is 5.26 Å². The molecule has 0 saturated carbocycles. The molecule has 1 aliphatic rings. The first kappa shape index (κ1) is 13.4. The van der Waals surface area contributed by atoms with Gasteiger partial charge < -0.3 is 10.4 Å². The lowest BCUT2D eigenvalue weighted by atomic mass is 9.87. The molecule has 0 bridgehead atoms. The van der Waals surface area contributed by atoms with Gasteiger partial charge in [0.1, 0.15) is 11.6 Å². The Labute approximate surface area is 122 Å². The number of phenolic OH excluding ortho intramolecular Hbond substituents is 1. The Morgan fingerprint density at radius 3 is 2.86 bits per heavy atom. The molecule has 0 fully saturated rings. The third-order valence-electron chi connectivity index (χ3n) is 3.87. The highest BCUT2D eigenvalue weighted by Gasteiger charge is 2.21. The molecule has 0 amide bonds. The number of benzene rings is 2. The molecule has 0 radical (unpaired) electrons. The van der Waals surface area contributed by atoms with Gasteiger partial charge >= 0.3 is 0 Å². The molecule has 0 heterocycles. The van der Waals surface area contributed by atoms with Gasteiger partial charge in [0.2, 0.25) is 0 Å². The molecule has 3 nitrogen and oxygen atoms in total. The van der Waals surface area contributed by atoms with Crippen molar-refractivity contribution in [3.63, 3.8) is 0 Å². The van der Waals surface area contributed by atoms with Crippen molar-refractivity contribution in [2.24, 2.45) is 0 Å². The van der Waals surface area contributed by atoms with E-state index in [4.69, 9.17) is 5.26 Å². The highest BCUT2D eigenvalue weighted by Crippen LogP contribution is 2.34. The van der Waals surface area contributed by atoms with Crippen LogP contribution in [-0.2, 0) is 6.42 Å². The van der Waals surface area contributed by atoms with Gasteiger partial charge in [0, 0.05) is 0 Å². The first-order valence-corrected chi connectivity index (χ1v) is 6.95. The average Bonchev–Trinajstić information content (AvgIpc) is 2.49. The molecular formula is C17H15FN2O. The van der Waals surface area contributed by atoms with Crippen LogP contribution in [0.4, 0.5) is 10.1 Å². The number of aromatic hydroxyl groups is 1. The highest BCUT2D eigenvalue weighted by molar-refractivity contribution is 5.52. The van der Waals surface area contributed by atoms with Crippen LogP contribution in [0.15, 0.2) is 36.4 Å². The predicted octanol–water partition coefficient (Wildman–Crippen LogP) is 3.89. The van der Waals surface area contributed by atoms with E-state index in [2.05, 4.69) is 5.32 Å². The molecule has 2 N–H and O–H groups in total. The molecule has 4 heteroatoms. The lowest BCUT2D eigenvalue weighted by molar-refractivity contribution is 0.472. The standard InChI is InChI=1S/C17H15FN2O/c18-15-8-11(10-19)4-7-17(15)20-16-3-1-2-12-9-13(21)5-6-14(12)16/h4-9,16,20-21H,1-3H2. The number of nitriles is 1. The zero-order valence-electron chi connectivity index (χ0n) is 11.4. The van der Waals surface area contributed by atoms with Gasteiger partial charge in [-0.1, -0.05) is 6.07 Å². The summed E-state index contributed by atoms with van der Waals surface area (Å²) in [6.07, 6.45) is 2.83. The van der Waals surface area contributed by atoms with Crippen LogP contribution in [0.1, 0.15) is 35.6 Å². The largest absolute Gasteiger partial charge is 0.508 e. The molecule has 1 unspecified atom stereocenters. The predicted molar refractivity (Wildman–Crippen MR) is 78.5 cm³/mol. The number of halogens is 1. The Morgan fingerprint density at radius 1 is 1.24 bits per heavy atom. The number of nitrogens with one attached hydrogen (secondary N) is 1. The van der Waals surface area contributed by atoms with Crippen LogP contribution < -0.4 is 5.32 Å². The number of hydrogen-bond donors (Lipinski definition) is 2. The van der Waals surface area contributed by atoms with Gasteiger partial charge in [0.25, 0.3) is 0 Å². The van der Waals surface area contributed by atoms with E-state index in [0.717, 1.165) is 30.4 Å². The van der Waals surface area contributed by atoms with Gasteiger partial charge in [-0.15, -0.1) is 0 Å². The van der Waals surface area contributed by atoms with E-state index in [1.54, 1.807) is 24.3 Å². The maximum absolute atomic E-state index is 14.0. The van der Waals surface area contributed by atoms with Gasteiger partial charge in [-0.3, -0.25) is 0 Å². The van der Waals surface area contributed by atoms with Crippen LogP contribution >= 0.6 is 0 Å². The SMILES string of the molecule is N#Cc1ccc(NC2CCCc3cc(O)ccc32)c(F)c1. The molecule has 3 rings (SSSR count). The second-order valence-electron chi connectivity index (χ2n) is 5.28. The van der Waals surface area contributed by atoms with Gasteiger partial charge in [0.15, 0.2) is 0 Å². The normalized spacial score (nSPS) is 16.9. The number of fused-ring (bicyclic) bond motifs is 1. The van der Waals surface area contributed by atoms with Gasteiger partial charge in [0.05, 0.1) is 23.4 Å². The molecule has 0 aliphatic heterocycles. The summed E-state index contributed by atoms with van der Waals surface area (Å²) in [6, 6.07) is 11.7. The smallest absolute Gasteiger partial charge is 0.147 e. The molecule has 0 saturated heterocycles. The molecule has 106 valence electrons. The number of rotatable bonds is 2. The van der Waals surface area contributed by atoms with Crippen molar-refractivity contribution < 1.29 is 9.50 Å². The topological polar surface area (TPSA) is 56.0 Å². The number of nitrogens with zero attached hydrogens (tertiary/aromatic N) is 1. The zero-order valence-corrected chi connectivity index (χ0v) is 11.4. The number of aryl methyl sites for hydroxylation is 1. The molecule has 2 aromatic rings. The second kappa shape index (κ2) is 5.45. The third-order valence-corrected chi connectivity index (χ3v) is 3.87. The van der Waals surface area contributed by atoms with Crippen molar-refractivity contribution in [1.82, 2.24) is 0 Å². The van der Waals surface area contributed by atoms with Crippen LogP contribution in [0.5, 0.6) is 5.75 Å². The Balaban J connectivity index is 1.89. The molecule has 1 atom stereocenters. The molecule has 21 heavy (non-hydrogen) atoms. The Kier molecular flexibility index (Phi) is 3.49. The second-order valence-corrected chi connectivity index (χ2v) is 5.28. The summed E-state index contributed by atoms with van der Waals surface area (Å²) in [5.74, 6) is -0.154. The lowest BCUT2D eigenvalue weighted by Gasteiger charge is -2.27. The van der Waals surface area contributed by atoms with E-state index in [1.165, 1.54) is 6.07 Å². The van der Waals surface area contributed by atoms with Crippen molar-refractivity contribution in [2.45, 2.75) is 25.3 Å². The summed E-state index contributed by atoms with van der Waals surface area (Å²) >= 11 is 0. The number of phenols is 1. The van der Waals surface area contributed by atoms with Crippen molar-refractivity contribution in [3.8, 4) is 11.8 Å². The van der Waals surface area contributed by atoms with E-state index in [9.17, 15) is 9.50 Å². The number of hydrogen-bond acceptors (Lipinski definition) is 3. The quantitative estimate of drug-likeness (QED) is 0.878. The summed E-state index contributed by atoms with van der Waals surface area (Å²) in [6.45, 7) is 0. The summed E-state index contributed by atoms with van der Waals surface area (Å²) in [5, 5.41) is 21.5. The minimum absolute atomic E-state index is 0.0248. The average molecular weight is 282 g/mol. The third kappa shape index (κ3) is 2.68. The van der Waals surface area contributed by atoms with Crippen LogP contribution in [-0.4, -0.2) is 5.11 Å². The maximum atomic E-state index is 14.0. The van der Waals surface area contributed by atoms with Gasteiger partial charge in [-0.05, 0) is 60.7 Å². The highest BCUT2D eigenvalue weighted by atomic mass is 19.1. The summed E-state index contributed by atoms with van der Waals surface area (Å²) in [7, 11) is 0. The van der Waals surface area contributed by atoms with E-state index < -0.39 is 5.82 Å². The molecule has 1 aliphatic carbocycles. The summed E-state index contributed by atoms with van der Waals surface area (Å²) in [4.78, 5) is 0. The first-order chi connectivity index (χ1) is 10.2. The minimum Gasteiger partial charge on any atom is -0.508 e. The van der Waals surface area contributed by atoms with Crippen LogP contribution in [0.25, 0.3) is 0 Å². The van der Waals surface area contributed by atoms with Crippen LogP contribution in [0.2, 0.25) is 0 Å². The zero-order chi connectivity index (χ0) is 14.8. The Bertz CT molecular complexity index is 721. The molecule has 2 aromatic carbocycles. The molecule has 0 aromatic heterocycles. The monoisotopic (exact) mass is 282 g/mol.